The second-order valence-corrected chi connectivity index (χ2v) is 5.72. The molecule has 2 heteroatoms. The number of hydrogen-bond acceptors (Lipinski definition) is 2. The highest BCUT2D eigenvalue weighted by atomic mass is 16.5. The van der Waals surface area contributed by atoms with Crippen molar-refractivity contribution in [3.8, 4) is 5.75 Å². The van der Waals surface area contributed by atoms with Gasteiger partial charge in [0.15, 0.2) is 0 Å². The van der Waals surface area contributed by atoms with E-state index < -0.39 is 5.60 Å². The summed E-state index contributed by atoms with van der Waals surface area (Å²) in [5.74, 6) is 0.852. The van der Waals surface area contributed by atoms with Gasteiger partial charge in [0.2, 0.25) is 0 Å². The summed E-state index contributed by atoms with van der Waals surface area (Å²) in [6.45, 7) is 0.600. The lowest BCUT2D eigenvalue weighted by Gasteiger charge is -2.31. The summed E-state index contributed by atoms with van der Waals surface area (Å²) < 4.78 is 11.9. The van der Waals surface area contributed by atoms with Crippen LogP contribution >= 0.6 is 0 Å². The van der Waals surface area contributed by atoms with Gasteiger partial charge < -0.3 is 9.47 Å². The van der Waals surface area contributed by atoms with E-state index in [0.29, 0.717) is 6.61 Å². The van der Waals surface area contributed by atoms with Crippen LogP contribution in [0.1, 0.15) is 22.3 Å². The minimum Gasteiger partial charge on any atom is -0.497 e. The Morgan fingerprint density at radius 1 is 0.826 bits per heavy atom. The summed E-state index contributed by atoms with van der Waals surface area (Å²) in [7, 11) is 1.70. The molecule has 0 amide bonds. The third-order valence-corrected chi connectivity index (χ3v) is 4.50. The SMILES string of the molecule is COc1ccc2c(c1)C(c1ccccc1)(c1ccccc1)OC2. The zero-order chi connectivity index (χ0) is 15.7. The second-order valence-electron chi connectivity index (χ2n) is 5.72. The molecule has 0 atom stereocenters. The van der Waals surface area contributed by atoms with E-state index in [-0.39, 0.29) is 0 Å². The largest absolute Gasteiger partial charge is 0.497 e. The fraction of sp³-hybridized carbons (Fsp3) is 0.143. The molecule has 114 valence electrons. The van der Waals surface area contributed by atoms with Gasteiger partial charge in [-0.3, -0.25) is 0 Å². The van der Waals surface area contributed by atoms with Crippen molar-refractivity contribution in [2.45, 2.75) is 12.2 Å². The summed E-state index contributed by atoms with van der Waals surface area (Å²) in [6, 6.07) is 27.0. The second kappa shape index (κ2) is 5.56. The van der Waals surface area contributed by atoms with Gasteiger partial charge in [-0.1, -0.05) is 66.7 Å². The molecule has 0 saturated carbocycles. The van der Waals surface area contributed by atoms with Crippen LogP contribution in [0.5, 0.6) is 5.75 Å². The fourth-order valence-electron chi connectivity index (χ4n) is 3.39. The van der Waals surface area contributed by atoms with E-state index in [4.69, 9.17) is 9.47 Å². The Kier molecular flexibility index (Phi) is 3.40. The van der Waals surface area contributed by atoms with Gasteiger partial charge in [-0.2, -0.15) is 0 Å². The van der Waals surface area contributed by atoms with Crippen molar-refractivity contribution in [3.63, 3.8) is 0 Å². The minimum atomic E-state index is -0.577. The average molecular weight is 302 g/mol. The molecule has 0 unspecified atom stereocenters. The van der Waals surface area contributed by atoms with Crippen LogP contribution in [0.25, 0.3) is 0 Å². The molecule has 23 heavy (non-hydrogen) atoms. The molecule has 2 nitrogen and oxygen atoms in total. The Morgan fingerprint density at radius 3 is 2.00 bits per heavy atom. The van der Waals surface area contributed by atoms with E-state index in [9.17, 15) is 0 Å². The molecule has 0 radical (unpaired) electrons. The number of ether oxygens (including phenoxy) is 2. The maximum atomic E-state index is 6.43. The van der Waals surface area contributed by atoms with Gasteiger partial charge in [-0.15, -0.1) is 0 Å². The lowest BCUT2D eigenvalue weighted by atomic mass is 9.80. The van der Waals surface area contributed by atoms with Crippen LogP contribution in [0.2, 0.25) is 0 Å². The lowest BCUT2D eigenvalue weighted by molar-refractivity contribution is 0.0267. The van der Waals surface area contributed by atoms with Crippen LogP contribution < -0.4 is 4.74 Å². The monoisotopic (exact) mass is 302 g/mol. The minimum absolute atomic E-state index is 0.577. The van der Waals surface area contributed by atoms with Crippen LogP contribution in [-0.4, -0.2) is 7.11 Å². The predicted octanol–water partition coefficient (Wildman–Crippen LogP) is 4.52. The van der Waals surface area contributed by atoms with Crippen molar-refractivity contribution in [2.75, 3.05) is 7.11 Å². The molecule has 0 aliphatic carbocycles. The highest BCUT2D eigenvalue weighted by molar-refractivity contribution is 5.54. The van der Waals surface area contributed by atoms with Crippen molar-refractivity contribution in [3.05, 3.63) is 101 Å². The normalized spacial score (nSPS) is 15.2. The Bertz CT molecular complexity index is 770. The maximum absolute atomic E-state index is 6.43. The van der Waals surface area contributed by atoms with Gasteiger partial charge >= 0.3 is 0 Å². The molecule has 0 aromatic heterocycles. The molecule has 1 aliphatic heterocycles. The molecule has 3 aromatic rings. The van der Waals surface area contributed by atoms with E-state index in [2.05, 4.69) is 60.7 Å². The van der Waals surface area contributed by atoms with Crippen molar-refractivity contribution in [1.29, 1.82) is 0 Å². The Labute approximate surface area is 136 Å². The molecule has 1 aliphatic rings. The van der Waals surface area contributed by atoms with Gasteiger partial charge in [0, 0.05) is 5.56 Å². The van der Waals surface area contributed by atoms with E-state index in [0.717, 1.165) is 22.4 Å². The van der Waals surface area contributed by atoms with E-state index in [1.54, 1.807) is 7.11 Å². The number of fused-ring (bicyclic) bond motifs is 1. The molecular weight excluding hydrogens is 284 g/mol. The van der Waals surface area contributed by atoms with E-state index >= 15 is 0 Å². The smallest absolute Gasteiger partial charge is 0.144 e. The topological polar surface area (TPSA) is 18.5 Å². The lowest BCUT2D eigenvalue weighted by Crippen LogP contribution is -2.28. The average Bonchev–Trinajstić information content (AvgIpc) is 3.03. The maximum Gasteiger partial charge on any atom is 0.144 e. The highest BCUT2D eigenvalue weighted by Gasteiger charge is 2.43. The van der Waals surface area contributed by atoms with E-state index in [1.165, 1.54) is 5.56 Å². The van der Waals surface area contributed by atoms with Gasteiger partial charge in [0.05, 0.1) is 13.7 Å². The number of methoxy groups -OCH3 is 1. The van der Waals surface area contributed by atoms with Gasteiger partial charge in [0.25, 0.3) is 0 Å². The van der Waals surface area contributed by atoms with Crippen molar-refractivity contribution in [2.24, 2.45) is 0 Å². The Hall–Kier alpha value is -2.58. The summed E-state index contributed by atoms with van der Waals surface area (Å²) in [6.07, 6.45) is 0. The summed E-state index contributed by atoms with van der Waals surface area (Å²) in [4.78, 5) is 0. The summed E-state index contributed by atoms with van der Waals surface area (Å²) >= 11 is 0. The van der Waals surface area contributed by atoms with Gasteiger partial charge in [-0.25, -0.2) is 0 Å². The molecule has 3 aromatic carbocycles. The Morgan fingerprint density at radius 2 is 1.43 bits per heavy atom. The molecule has 0 bridgehead atoms. The quantitative estimate of drug-likeness (QED) is 0.708. The Balaban J connectivity index is 2.01. The highest BCUT2D eigenvalue weighted by Crippen LogP contribution is 2.47. The molecular formula is C21H18O2. The third kappa shape index (κ3) is 2.14. The first-order chi connectivity index (χ1) is 11.3. The first-order valence-electron chi connectivity index (χ1n) is 7.77. The van der Waals surface area contributed by atoms with Crippen molar-refractivity contribution >= 4 is 0 Å². The molecule has 1 heterocycles. The predicted molar refractivity (Wildman–Crippen MR) is 90.5 cm³/mol. The van der Waals surface area contributed by atoms with E-state index in [1.807, 2.05) is 18.2 Å². The fourth-order valence-corrected chi connectivity index (χ4v) is 3.39. The standard InChI is InChI=1S/C21H18O2/c1-22-19-13-12-16-15-23-21(20(16)14-19,17-8-4-2-5-9-17)18-10-6-3-7-11-18/h2-14H,15H2,1H3. The first kappa shape index (κ1) is 14.0. The zero-order valence-electron chi connectivity index (χ0n) is 13.0. The third-order valence-electron chi connectivity index (χ3n) is 4.50. The van der Waals surface area contributed by atoms with Crippen LogP contribution in [-0.2, 0) is 16.9 Å². The van der Waals surface area contributed by atoms with Gasteiger partial charge in [-0.05, 0) is 28.8 Å². The van der Waals surface area contributed by atoms with Crippen molar-refractivity contribution in [1.82, 2.24) is 0 Å². The molecule has 4 rings (SSSR count). The number of benzene rings is 3. The van der Waals surface area contributed by atoms with Crippen LogP contribution in [0.4, 0.5) is 0 Å². The van der Waals surface area contributed by atoms with Crippen LogP contribution in [0.15, 0.2) is 78.9 Å². The molecule has 0 saturated heterocycles. The first-order valence-corrected chi connectivity index (χ1v) is 7.77. The molecule has 0 fully saturated rings. The van der Waals surface area contributed by atoms with Gasteiger partial charge in [0.1, 0.15) is 11.4 Å². The van der Waals surface area contributed by atoms with Crippen molar-refractivity contribution < 1.29 is 9.47 Å². The zero-order valence-corrected chi connectivity index (χ0v) is 13.0. The molecule has 0 N–H and O–H groups in total. The number of hydrogen-bond donors (Lipinski definition) is 0. The summed E-state index contributed by atoms with van der Waals surface area (Å²) in [5, 5.41) is 0. The molecule has 0 spiro atoms. The number of rotatable bonds is 3. The van der Waals surface area contributed by atoms with Crippen LogP contribution in [0.3, 0.4) is 0 Å². The summed E-state index contributed by atoms with van der Waals surface area (Å²) in [5.41, 5.74) is 4.07. The van der Waals surface area contributed by atoms with Crippen LogP contribution in [0, 0.1) is 0 Å².